The predicted octanol–water partition coefficient (Wildman–Crippen LogP) is 2.12. The van der Waals surface area contributed by atoms with E-state index in [1.165, 1.54) is 0 Å². The van der Waals surface area contributed by atoms with Crippen molar-refractivity contribution in [3.05, 3.63) is 0 Å². The predicted molar refractivity (Wildman–Crippen MR) is 30.4 cm³/mol. The Hall–Kier alpha value is 0.470. The van der Waals surface area contributed by atoms with Crippen LogP contribution in [0.2, 0.25) is 0 Å². The van der Waals surface area contributed by atoms with Crippen molar-refractivity contribution < 1.29 is 0 Å². The SMILES string of the molecule is C=P1=PC1C. The molecule has 2 unspecified atom stereocenters. The molecule has 0 aromatic rings. The molecule has 5 heavy (non-hydrogen) atoms. The Balaban J connectivity index is 2.70. The minimum Gasteiger partial charge on any atom is -0.0951 e. The minimum absolute atomic E-state index is 0.291. The molecule has 0 amide bonds. The van der Waals surface area contributed by atoms with E-state index in [1.807, 2.05) is 0 Å². The molecule has 0 spiro atoms. The highest BCUT2D eigenvalue weighted by molar-refractivity contribution is 8.10. The number of hydrogen-bond acceptors (Lipinski definition) is 0. The van der Waals surface area contributed by atoms with Crippen LogP contribution >= 0.6 is 14.7 Å². The van der Waals surface area contributed by atoms with E-state index in [0.717, 1.165) is 5.40 Å². The van der Waals surface area contributed by atoms with Gasteiger partial charge in [0.1, 0.15) is 0 Å². The van der Waals surface area contributed by atoms with E-state index in [9.17, 15) is 0 Å². The van der Waals surface area contributed by atoms with Crippen LogP contribution in [0.25, 0.3) is 0 Å². The lowest BCUT2D eigenvalue weighted by atomic mass is 11.0. The van der Waals surface area contributed by atoms with Crippen LogP contribution in [0.1, 0.15) is 6.92 Å². The molecule has 0 saturated carbocycles. The first-order valence-electron chi connectivity index (χ1n) is 1.61. The van der Waals surface area contributed by atoms with Gasteiger partial charge in [-0.15, -0.1) is 0 Å². The smallest absolute Gasteiger partial charge is 0.0433 e. The van der Waals surface area contributed by atoms with Gasteiger partial charge in [-0.05, 0) is 6.92 Å². The molecule has 0 radical (unpaired) electrons. The molecule has 1 aliphatic rings. The zero-order valence-electron chi connectivity index (χ0n) is 3.18. The van der Waals surface area contributed by atoms with Crippen molar-refractivity contribution in [2.75, 3.05) is 0 Å². The summed E-state index contributed by atoms with van der Waals surface area (Å²) in [6.07, 6.45) is 3.88. The van der Waals surface area contributed by atoms with E-state index in [4.69, 9.17) is 0 Å². The summed E-state index contributed by atoms with van der Waals surface area (Å²) in [5.41, 5.74) is 0. The van der Waals surface area contributed by atoms with Gasteiger partial charge >= 0.3 is 0 Å². The Morgan fingerprint density at radius 1 is 2.00 bits per heavy atom. The zero-order valence-corrected chi connectivity index (χ0v) is 4.97. The lowest BCUT2D eigenvalue weighted by molar-refractivity contribution is 1.45. The highest BCUT2D eigenvalue weighted by Gasteiger charge is 2.05. The Bertz CT molecular complexity index is 108. The van der Waals surface area contributed by atoms with Crippen molar-refractivity contribution in [1.82, 2.24) is 0 Å². The first kappa shape index (κ1) is 3.65. The standard InChI is InChI=1S/C3H6P2/c1-3-4-5(3)2/h3H,2H2,1H3. The van der Waals surface area contributed by atoms with Gasteiger partial charge in [0.25, 0.3) is 0 Å². The topological polar surface area (TPSA) is 0 Å². The zero-order chi connectivity index (χ0) is 3.86. The summed E-state index contributed by atoms with van der Waals surface area (Å²) >= 11 is 0. The van der Waals surface area contributed by atoms with Crippen LogP contribution < -0.4 is 0 Å². The summed E-state index contributed by atoms with van der Waals surface area (Å²) < 4.78 is 0. The molecule has 0 saturated heterocycles. The van der Waals surface area contributed by atoms with E-state index < -0.39 is 0 Å². The van der Waals surface area contributed by atoms with Gasteiger partial charge in [0.15, 0.2) is 0 Å². The molecule has 28 valence electrons. The molecule has 0 aromatic carbocycles. The van der Waals surface area contributed by atoms with Gasteiger partial charge in [-0.1, -0.05) is 21.0 Å². The third kappa shape index (κ3) is 0.651. The normalized spacial score (nSPS) is 43.4. The lowest BCUT2D eigenvalue weighted by Gasteiger charge is -1.60. The third-order valence-electron chi connectivity index (χ3n) is 0.692. The molecule has 1 aliphatic heterocycles. The third-order valence-corrected chi connectivity index (χ3v) is 5.14. The molecule has 1 rings (SSSR count). The van der Waals surface area contributed by atoms with Crippen molar-refractivity contribution in [1.29, 1.82) is 0 Å². The second-order valence-corrected chi connectivity index (χ2v) is 6.49. The van der Waals surface area contributed by atoms with Gasteiger partial charge in [0, 0.05) is 5.40 Å². The average molecular weight is 104 g/mol. The number of rotatable bonds is 0. The molecule has 2 heteroatoms. The van der Waals surface area contributed by atoms with Gasteiger partial charge in [0.2, 0.25) is 0 Å². The second-order valence-electron chi connectivity index (χ2n) is 1.19. The Morgan fingerprint density at radius 3 is 2.20 bits per heavy atom. The quantitative estimate of drug-likeness (QED) is 0.413. The Morgan fingerprint density at radius 2 is 2.20 bits per heavy atom. The van der Waals surface area contributed by atoms with Crippen molar-refractivity contribution in [3.63, 3.8) is 0 Å². The average Bonchev–Trinajstić information content (AvgIpc) is 1.79. The molecule has 0 fully saturated rings. The van der Waals surface area contributed by atoms with Gasteiger partial charge in [-0.2, -0.15) is 0 Å². The van der Waals surface area contributed by atoms with Gasteiger partial charge < -0.3 is 0 Å². The molecule has 2 atom stereocenters. The van der Waals surface area contributed by atoms with Crippen molar-refractivity contribution >= 4 is 21.0 Å². The molecule has 1 heterocycles. The second kappa shape index (κ2) is 0.965. The summed E-state index contributed by atoms with van der Waals surface area (Å²) in [5.74, 6) is 0. The molecule has 0 nitrogen and oxygen atoms in total. The van der Waals surface area contributed by atoms with Crippen molar-refractivity contribution in [2.24, 2.45) is 0 Å². The van der Waals surface area contributed by atoms with Gasteiger partial charge in [-0.25, -0.2) is 0 Å². The fourth-order valence-electron chi connectivity index (χ4n) is 0.185. The van der Waals surface area contributed by atoms with Crippen LogP contribution in [0.3, 0.4) is 0 Å². The van der Waals surface area contributed by atoms with Crippen molar-refractivity contribution in [2.45, 2.75) is 12.3 Å². The Labute approximate surface area is 34.2 Å². The van der Waals surface area contributed by atoms with Crippen LogP contribution in [0.4, 0.5) is 0 Å². The molecule has 0 N–H and O–H groups in total. The summed E-state index contributed by atoms with van der Waals surface area (Å²) in [6, 6.07) is 0. The van der Waals surface area contributed by atoms with Crippen LogP contribution in [-0.4, -0.2) is 11.7 Å². The van der Waals surface area contributed by atoms with E-state index in [0.29, 0.717) is 6.83 Å². The first-order chi connectivity index (χ1) is 2.30. The molecule has 0 bridgehead atoms. The highest BCUT2D eigenvalue weighted by atomic mass is 31.8. The summed E-state index contributed by atoms with van der Waals surface area (Å²) in [5, 5.41) is 0.977. The van der Waals surface area contributed by atoms with Gasteiger partial charge in [0.05, 0.1) is 0 Å². The van der Waals surface area contributed by atoms with E-state index >= 15 is 0 Å². The van der Waals surface area contributed by atoms with Crippen LogP contribution in [0.5, 0.6) is 0 Å². The first-order valence-corrected chi connectivity index (χ1v) is 4.88. The molecule has 0 aliphatic carbocycles. The van der Waals surface area contributed by atoms with Crippen LogP contribution in [0, 0.1) is 0 Å². The Kier molecular flexibility index (Phi) is 0.705. The maximum absolute atomic E-state index is 3.88. The van der Waals surface area contributed by atoms with E-state index in [-0.39, 0.29) is 0 Å². The highest BCUT2D eigenvalue weighted by Crippen LogP contribution is 2.53. The van der Waals surface area contributed by atoms with Crippen LogP contribution in [0.15, 0.2) is 0 Å². The van der Waals surface area contributed by atoms with Crippen LogP contribution in [-0.2, 0) is 0 Å². The number of hydrogen-bond donors (Lipinski definition) is 0. The monoisotopic (exact) mass is 104 g/mol. The largest absolute Gasteiger partial charge is 0.0951 e. The summed E-state index contributed by atoms with van der Waals surface area (Å²) in [7, 11) is 1.62. The molecular weight excluding hydrogens is 98.0 g/mol. The minimum atomic E-state index is 0.291. The maximum atomic E-state index is 3.88. The molecule has 0 aromatic heterocycles. The fourth-order valence-corrected chi connectivity index (χ4v) is 2.32. The van der Waals surface area contributed by atoms with E-state index in [2.05, 4.69) is 13.2 Å². The summed E-state index contributed by atoms with van der Waals surface area (Å²) in [4.78, 5) is 0. The lowest BCUT2D eigenvalue weighted by Crippen LogP contribution is -1.51. The maximum Gasteiger partial charge on any atom is 0.0433 e. The van der Waals surface area contributed by atoms with Crippen molar-refractivity contribution in [3.8, 4) is 0 Å². The summed E-state index contributed by atoms with van der Waals surface area (Å²) in [6.45, 7) is 2.54. The molecular formula is C3H6P2. The van der Waals surface area contributed by atoms with E-state index in [1.54, 1.807) is 7.87 Å². The van der Waals surface area contributed by atoms with Gasteiger partial charge in [-0.3, -0.25) is 0 Å². The fraction of sp³-hybridized carbons (Fsp3) is 0.667.